The van der Waals surface area contributed by atoms with Crippen molar-refractivity contribution in [1.82, 2.24) is 9.88 Å². The zero-order chi connectivity index (χ0) is 25.4. The minimum atomic E-state index is -2.70. The molecular formula is C24H27ClF3N5O2. The number of halogens is 4. The van der Waals surface area contributed by atoms with Gasteiger partial charge in [-0.2, -0.15) is 0 Å². The third-order valence-corrected chi connectivity index (χ3v) is 6.71. The van der Waals surface area contributed by atoms with Crippen molar-refractivity contribution in [3.63, 3.8) is 0 Å². The van der Waals surface area contributed by atoms with Crippen molar-refractivity contribution in [1.29, 1.82) is 0 Å². The molecule has 7 nitrogen and oxygen atoms in total. The quantitative estimate of drug-likeness (QED) is 0.535. The van der Waals surface area contributed by atoms with E-state index in [0.717, 1.165) is 0 Å². The lowest BCUT2D eigenvalue weighted by Crippen LogP contribution is -2.55. The van der Waals surface area contributed by atoms with Gasteiger partial charge in [0.1, 0.15) is 0 Å². The Balaban J connectivity index is 1.55. The number of carbonyl (C=O) groups excluding carboxylic acids is 1. The Hall–Kier alpha value is -3.01. The Morgan fingerprint density at radius 2 is 1.97 bits per heavy atom. The van der Waals surface area contributed by atoms with Crippen molar-refractivity contribution in [2.75, 3.05) is 5.32 Å². The monoisotopic (exact) mass is 509 g/mol. The fourth-order valence-corrected chi connectivity index (χ4v) is 4.95. The summed E-state index contributed by atoms with van der Waals surface area (Å²) in [7, 11) is 0. The van der Waals surface area contributed by atoms with Gasteiger partial charge < -0.3 is 15.8 Å². The lowest BCUT2D eigenvalue weighted by atomic mass is 9.85. The zero-order valence-corrected chi connectivity index (χ0v) is 20.2. The van der Waals surface area contributed by atoms with Crippen molar-refractivity contribution in [2.24, 2.45) is 10.7 Å². The van der Waals surface area contributed by atoms with Crippen LogP contribution < -0.4 is 15.8 Å². The Morgan fingerprint density at radius 3 is 2.57 bits per heavy atom. The maximum absolute atomic E-state index is 13.6. The molecule has 2 atom stereocenters. The fourth-order valence-electron chi connectivity index (χ4n) is 4.57. The second-order valence-electron chi connectivity index (χ2n) is 9.11. The van der Waals surface area contributed by atoms with E-state index in [4.69, 9.17) is 22.1 Å². The molecule has 2 aromatic rings. The highest BCUT2D eigenvalue weighted by Gasteiger charge is 2.44. The van der Waals surface area contributed by atoms with Gasteiger partial charge in [0.15, 0.2) is 5.96 Å². The van der Waals surface area contributed by atoms with Crippen LogP contribution in [0, 0.1) is 0 Å². The summed E-state index contributed by atoms with van der Waals surface area (Å²) in [5.74, 6) is -2.82. The normalized spacial score (nSPS) is 23.5. The average Bonchev–Trinajstić information content (AvgIpc) is 2.76. The van der Waals surface area contributed by atoms with E-state index in [9.17, 15) is 18.0 Å². The van der Waals surface area contributed by atoms with Crippen LogP contribution in [0.3, 0.4) is 0 Å². The van der Waals surface area contributed by atoms with Crippen molar-refractivity contribution < 1.29 is 22.7 Å². The molecular weight excluding hydrogens is 483 g/mol. The molecule has 3 N–H and O–H groups in total. The number of carbonyl (C=O) groups is 1. The van der Waals surface area contributed by atoms with Crippen molar-refractivity contribution in [3.05, 3.63) is 47.1 Å². The van der Waals surface area contributed by atoms with E-state index in [1.165, 1.54) is 24.1 Å². The van der Waals surface area contributed by atoms with Crippen LogP contribution in [0.5, 0.6) is 5.88 Å². The molecule has 1 amide bonds. The van der Waals surface area contributed by atoms with E-state index < -0.39 is 23.9 Å². The van der Waals surface area contributed by atoms with Gasteiger partial charge in [0.25, 0.3) is 0 Å². The van der Waals surface area contributed by atoms with Crippen LogP contribution in [0.15, 0.2) is 41.5 Å². The largest absolute Gasteiger partial charge is 0.444 e. The lowest BCUT2D eigenvalue weighted by molar-refractivity contribution is -0.133. The molecule has 35 heavy (non-hydrogen) atoms. The number of hydrogen-bond acceptors (Lipinski definition) is 6. The van der Waals surface area contributed by atoms with E-state index in [2.05, 4.69) is 15.3 Å². The minimum Gasteiger partial charge on any atom is -0.444 e. The third kappa shape index (κ3) is 5.47. The Morgan fingerprint density at radius 1 is 1.26 bits per heavy atom. The van der Waals surface area contributed by atoms with Gasteiger partial charge in [-0.1, -0.05) is 23.7 Å². The van der Waals surface area contributed by atoms with Crippen LogP contribution in [0.25, 0.3) is 0 Å². The third-order valence-electron chi connectivity index (χ3n) is 6.30. The van der Waals surface area contributed by atoms with E-state index in [-0.39, 0.29) is 49.9 Å². The summed E-state index contributed by atoms with van der Waals surface area (Å²) in [5, 5.41) is 3.50. The molecule has 1 aromatic carbocycles. The van der Waals surface area contributed by atoms with Gasteiger partial charge in [-0.15, -0.1) is 0 Å². The van der Waals surface area contributed by atoms with E-state index in [1.807, 2.05) is 0 Å². The molecule has 0 radical (unpaired) electrons. The first-order valence-electron chi connectivity index (χ1n) is 11.4. The Labute approximate surface area is 206 Å². The Kier molecular flexibility index (Phi) is 6.86. The molecule has 188 valence electrons. The molecule has 1 aromatic heterocycles. The average molecular weight is 510 g/mol. The smallest absolute Gasteiger partial charge is 0.248 e. The number of aliphatic imine (C=N–C) groups is 1. The Bertz CT molecular complexity index is 1120. The highest BCUT2D eigenvalue weighted by Crippen LogP contribution is 2.42. The number of alkyl halides is 3. The van der Waals surface area contributed by atoms with Crippen molar-refractivity contribution in [2.45, 2.75) is 69.8 Å². The number of rotatable bonds is 6. The van der Waals surface area contributed by atoms with Gasteiger partial charge in [-0.3, -0.25) is 9.69 Å². The first kappa shape index (κ1) is 25.1. The zero-order valence-electron chi connectivity index (χ0n) is 19.4. The van der Waals surface area contributed by atoms with E-state index in [1.54, 1.807) is 31.2 Å². The number of pyridine rings is 1. The first-order chi connectivity index (χ1) is 16.5. The molecule has 2 heterocycles. The van der Waals surface area contributed by atoms with Crippen molar-refractivity contribution >= 4 is 34.8 Å². The predicted octanol–water partition coefficient (Wildman–Crippen LogP) is 5.51. The number of hydrogen-bond donors (Lipinski definition) is 2. The summed E-state index contributed by atoms with van der Waals surface area (Å²) in [6, 6.07) is 8.11. The number of anilines is 2. The molecule has 2 aliphatic rings. The van der Waals surface area contributed by atoms with Crippen LogP contribution in [-0.4, -0.2) is 40.1 Å². The minimum absolute atomic E-state index is 0.00122. The molecule has 1 aliphatic carbocycles. The predicted molar refractivity (Wildman–Crippen MR) is 128 cm³/mol. The topological polar surface area (TPSA) is 92.8 Å². The molecule has 11 heteroatoms. The van der Waals surface area contributed by atoms with Crippen LogP contribution in [-0.2, 0) is 10.3 Å². The maximum atomic E-state index is 13.6. The molecule has 1 unspecified atom stereocenters. The maximum Gasteiger partial charge on any atom is 0.248 e. The van der Waals surface area contributed by atoms with Gasteiger partial charge in [-0.05, 0) is 31.9 Å². The van der Waals surface area contributed by atoms with Gasteiger partial charge in [-0.25, -0.2) is 23.1 Å². The van der Waals surface area contributed by atoms with Gasteiger partial charge in [0.05, 0.1) is 34.6 Å². The second-order valence-corrected chi connectivity index (χ2v) is 9.49. The summed E-state index contributed by atoms with van der Waals surface area (Å²) >= 11 is 6.72. The second kappa shape index (κ2) is 9.56. The number of nitrogens with two attached hydrogens (primary N) is 1. The summed E-state index contributed by atoms with van der Waals surface area (Å²) in [6.45, 7) is 3.03. The van der Waals surface area contributed by atoms with Gasteiger partial charge >= 0.3 is 0 Å². The highest BCUT2D eigenvalue weighted by molar-refractivity contribution is 6.34. The van der Waals surface area contributed by atoms with Gasteiger partial charge in [0.2, 0.25) is 24.1 Å². The number of aromatic nitrogens is 1. The van der Waals surface area contributed by atoms with E-state index >= 15 is 0 Å². The van der Waals surface area contributed by atoms with Crippen molar-refractivity contribution in [3.8, 4) is 5.88 Å². The summed E-state index contributed by atoms with van der Waals surface area (Å²) in [4.78, 5) is 23.1. The summed E-state index contributed by atoms with van der Waals surface area (Å²) in [6.07, 6.45) is -0.204. The SMILES string of the molecule is CC(F)Oc1ccc(Nc2cccc([C@]3(C)CC(=O)N(C4CCC(F)(F)CC4)C(N)=N3)c2Cl)cn1. The van der Waals surface area contributed by atoms with Crippen LogP contribution in [0.1, 0.15) is 51.5 Å². The molecule has 4 rings (SSSR count). The van der Waals surface area contributed by atoms with E-state index in [0.29, 0.717) is 22.0 Å². The highest BCUT2D eigenvalue weighted by atomic mass is 35.5. The standard InChI is InChI=1S/C24H27ClF3N5O2/c1-14(26)35-19-7-6-15(13-30-19)31-18-5-3-4-17(21(18)25)23(2)12-20(34)33(22(29)32-23)16-8-10-24(27,28)11-9-16/h3-7,13-14,16,31H,8-12H2,1-2H3,(H2,29,32)/t14?,23-/m0/s1. The van der Waals surface area contributed by atoms with Crippen LogP contribution in [0.2, 0.25) is 5.02 Å². The number of benzene rings is 1. The van der Waals surface area contributed by atoms with Gasteiger partial charge in [0, 0.05) is 37.4 Å². The number of ether oxygens (including phenoxy) is 1. The lowest BCUT2D eigenvalue weighted by Gasteiger charge is -2.41. The number of amides is 1. The van der Waals surface area contributed by atoms with Crippen LogP contribution in [0.4, 0.5) is 24.5 Å². The number of nitrogens with zero attached hydrogens (tertiary/aromatic N) is 3. The molecule has 1 fully saturated rings. The summed E-state index contributed by atoms with van der Waals surface area (Å²) < 4.78 is 45.1. The molecule has 0 saturated heterocycles. The molecule has 1 aliphatic heterocycles. The fraction of sp³-hybridized carbons (Fsp3) is 0.458. The molecule has 1 saturated carbocycles. The number of guanidine groups is 1. The van der Waals surface area contributed by atoms with Crippen LogP contribution >= 0.6 is 11.6 Å². The summed E-state index contributed by atoms with van der Waals surface area (Å²) in [5.41, 5.74) is 6.91. The molecule has 0 spiro atoms. The first-order valence-corrected chi connectivity index (χ1v) is 11.7. The molecule has 0 bridgehead atoms. The number of nitrogens with one attached hydrogen (secondary N) is 1.